The largest absolute Gasteiger partial charge is 0.416 e. The highest BCUT2D eigenvalue weighted by atomic mass is 19.4. The van der Waals surface area contributed by atoms with E-state index in [0.29, 0.717) is 5.92 Å². The molecule has 2 aliphatic heterocycles. The Bertz CT molecular complexity index is 842. The molecule has 2 aromatic carbocycles. The molecular weight excluding hydrogens is 385 g/mol. The molecule has 0 amide bonds. The number of alkyl halides is 3. The summed E-state index contributed by atoms with van der Waals surface area (Å²) in [5.41, 5.74) is 2.81. The molecule has 2 atom stereocenters. The molecule has 2 fully saturated rings. The van der Waals surface area contributed by atoms with E-state index in [-0.39, 0.29) is 5.92 Å². The molecule has 162 valence electrons. The summed E-state index contributed by atoms with van der Waals surface area (Å²) in [6.45, 7) is 7.91. The fourth-order valence-corrected chi connectivity index (χ4v) is 5.14. The lowest BCUT2D eigenvalue weighted by Crippen LogP contribution is -2.36. The Morgan fingerprint density at radius 2 is 1.67 bits per heavy atom. The topological polar surface area (TPSA) is 6.48 Å². The van der Waals surface area contributed by atoms with Crippen molar-refractivity contribution in [3.05, 3.63) is 70.8 Å². The zero-order chi connectivity index (χ0) is 21.1. The highest BCUT2D eigenvalue weighted by Gasteiger charge is 2.37. The summed E-state index contributed by atoms with van der Waals surface area (Å²) in [6, 6.07) is 14.5. The maximum Gasteiger partial charge on any atom is 0.416 e. The molecule has 0 unspecified atom stereocenters. The SMILES string of the molecule is Cc1cccc(CN2C[C@H](CN3CCCCC3)[C@@H](c3cccc(C(F)(F)F)c3)C2)c1. The molecule has 0 aliphatic carbocycles. The van der Waals surface area contributed by atoms with Crippen molar-refractivity contribution in [2.24, 2.45) is 5.92 Å². The molecule has 0 radical (unpaired) electrons. The number of halogens is 3. The lowest BCUT2D eigenvalue weighted by atomic mass is 9.87. The molecule has 4 rings (SSSR count). The first-order valence-electron chi connectivity index (χ1n) is 11.1. The molecule has 0 saturated carbocycles. The van der Waals surface area contributed by atoms with Crippen LogP contribution in [0.1, 0.15) is 47.4 Å². The van der Waals surface area contributed by atoms with Gasteiger partial charge >= 0.3 is 6.18 Å². The van der Waals surface area contributed by atoms with Crippen molar-refractivity contribution >= 4 is 0 Å². The van der Waals surface area contributed by atoms with Gasteiger partial charge < -0.3 is 4.90 Å². The van der Waals surface area contributed by atoms with Crippen LogP contribution < -0.4 is 0 Å². The second-order valence-electron chi connectivity index (χ2n) is 9.03. The van der Waals surface area contributed by atoms with Gasteiger partial charge in [-0.25, -0.2) is 0 Å². The number of hydrogen-bond donors (Lipinski definition) is 0. The third-order valence-electron chi connectivity index (χ3n) is 6.59. The van der Waals surface area contributed by atoms with Crippen LogP contribution >= 0.6 is 0 Å². The lowest BCUT2D eigenvalue weighted by molar-refractivity contribution is -0.137. The van der Waals surface area contributed by atoms with Gasteiger partial charge in [-0.2, -0.15) is 13.2 Å². The third kappa shape index (κ3) is 5.25. The Labute approximate surface area is 177 Å². The zero-order valence-electron chi connectivity index (χ0n) is 17.7. The maximum absolute atomic E-state index is 13.3. The van der Waals surface area contributed by atoms with Crippen LogP contribution in [0.3, 0.4) is 0 Å². The van der Waals surface area contributed by atoms with E-state index >= 15 is 0 Å². The molecule has 2 aromatic rings. The Morgan fingerprint density at radius 3 is 2.40 bits per heavy atom. The van der Waals surface area contributed by atoms with Crippen molar-refractivity contribution in [1.82, 2.24) is 9.80 Å². The second-order valence-corrected chi connectivity index (χ2v) is 9.03. The van der Waals surface area contributed by atoms with Gasteiger partial charge in [0, 0.05) is 32.1 Å². The molecule has 5 heteroatoms. The van der Waals surface area contributed by atoms with E-state index in [2.05, 4.69) is 41.0 Å². The summed E-state index contributed by atoms with van der Waals surface area (Å²) in [6.07, 6.45) is -0.544. The van der Waals surface area contributed by atoms with Crippen LogP contribution in [0.4, 0.5) is 13.2 Å². The van der Waals surface area contributed by atoms with Crippen molar-refractivity contribution in [2.45, 2.75) is 44.8 Å². The monoisotopic (exact) mass is 416 g/mol. The minimum Gasteiger partial charge on any atom is -0.303 e. The average molecular weight is 417 g/mol. The normalized spacial score (nSPS) is 23.7. The first kappa shape index (κ1) is 21.4. The van der Waals surface area contributed by atoms with Crippen LogP contribution in [-0.2, 0) is 12.7 Å². The fourth-order valence-electron chi connectivity index (χ4n) is 5.14. The number of aryl methyl sites for hydroxylation is 1. The number of rotatable bonds is 5. The van der Waals surface area contributed by atoms with Crippen LogP contribution in [0.2, 0.25) is 0 Å². The molecule has 30 heavy (non-hydrogen) atoms. The van der Waals surface area contributed by atoms with Crippen molar-refractivity contribution in [3.8, 4) is 0 Å². The molecule has 2 aliphatic rings. The molecule has 2 heterocycles. The number of likely N-dealkylation sites (tertiary alicyclic amines) is 2. The van der Waals surface area contributed by atoms with Crippen LogP contribution in [0.5, 0.6) is 0 Å². The highest BCUT2D eigenvalue weighted by molar-refractivity contribution is 5.30. The van der Waals surface area contributed by atoms with Crippen molar-refractivity contribution in [3.63, 3.8) is 0 Å². The van der Waals surface area contributed by atoms with Crippen LogP contribution in [0.25, 0.3) is 0 Å². The smallest absolute Gasteiger partial charge is 0.303 e. The van der Waals surface area contributed by atoms with Gasteiger partial charge in [-0.3, -0.25) is 4.90 Å². The quantitative estimate of drug-likeness (QED) is 0.616. The minimum atomic E-state index is -4.29. The summed E-state index contributed by atoms with van der Waals surface area (Å²) in [4.78, 5) is 4.94. The summed E-state index contributed by atoms with van der Waals surface area (Å²) in [7, 11) is 0. The van der Waals surface area contributed by atoms with Crippen LogP contribution in [-0.4, -0.2) is 42.5 Å². The lowest BCUT2D eigenvalue weighted by Gasteiger charge is -2.31. The predicted molar refractivity (Wildman–Crippen MR) is 114 cm³/mol. The van der Waals surface area contributed by atoms with Crippen LogP contribution in [0, 0.1) is 12.8 Å². The van der Waals surface area contributed by atoms with Gasteiger partial charge in [-0.15, -0.1) is 0 Å². The van der Waals surface area contributed by atoms with E-state index in [1.165, 1.54) is 42.5 Å². The molecule has 2 nitrogen and oxygen atoms in total. The summed E-state index contributed by atoms with van der Waals surface area (Å²) < 4.78 is 39.9. The summed E-state index contributed by atoms with van der Waals surface area (Å²) >= 11 is 0. The number of nitrogens with zero attached hydrogens (tertiary/aromatic N) is 2. The minimum absolute atomic E-state index is 0.138. The predicted octanol–water partition coefficient (Wildman–Crippen LogP) is 5.72. The standard InChI is InChI=1S/C25H31F3N2/c1-19-7-5-8-20(13-19)15-30-17-22(16-29-11-3-2-4-12-29)24(18-30)21-9-6-10-23(14-21)25(26,27)28/h5-10,13-14,22,24H,2-4,11-12,15-18H2,1H3/t22-,24+/m0/s1. The van der Waals surface area contributed by atoms with Gasteiger partial charge in [0.25, 0.3) is 0 Å². The third-order valence-corrected chi connectivity index (χ3v) is 6.59. The maximum atomic E-state index is 13.3. The van der Waals surface area contributed by atoms with Gasteiger partial charge in [0.1, 0.15) is 0 Å². The molecule has 0 aromatic heterocycles. The molecule has 0 N–H and O–H groups in total. The van der Waals surface area contributed by atoms with E-state index in [0.717, 1.165) is 44.8 Å². The Morgan fingerprint density at radius 1 is 0.900 bits per heavy atom. The van der Waals surface area contributed by atoms with Gasteiger partial charge in [0.05, 0.1) is 5.56 Å². The first-order chi connectivity index (χ1) is 14.4. The van der Waals surface area contributed by atoms with E-state index in [9.17, 15) is 13.2 Å². The number of hydrogen-bond acceptors (Lipinski definition) is 2. The first-order valence-corrected chi connectivity index (χ1v) is 11.1. The molecule has 0 spiro atoms. The van der Waals surface area contributed by atoms with E-state index in [1.54, 1.807) is 6.07 Å². The Kier molecular flexibility index (Phi) is 6.49. The Balaban J connectivity index is 1.55. The van der Waals surface area contributed by atoms with Gasteiger partial charge in [-0.05, 0) is 56.0 Å². The molecule has 0 bridgehead atoms. The second kappa shape index (κ2) is 9.11. The van der Waals surface area contributed by atoms with Crippen LogP contribution in [0.15, 0.2) is 48.5 Å². The van der Waals surface area contributed by atoms with E-state index in [1.807, 2.05) is 6.07 Å². The van der Waals surface area contributed by atoms with E-state index in [4.69, 9.17) is 0 Å². The average Bonchev–Trinajstić information content (AvgIpc) is 3.10. The summed E-state index contributed by atoms with van der Waals surface area (Å²) in [5, 5.41) is 0. The van der Waals surface area contributed by atoms with Gasteiger partial charge in [0.2, 0.25) is 0 Å². The highest BCUT2D eigenvalue weighted by Crippen LogP contribution is 2.37. The van der Waals surface area contributed by atoms with E-state index < -0.39 is 11.7 Å². The van der Waals surface area contributed by atoms with Crippen molar-refractivity contribution < 1.29 is 13.2 Å². The zero-order valence-corrected chi connectivity index (χ0v) is 17.7. The number of benzene rings is 2. The van der Waals surface area contributed by atoms with Crippen molar-refractivity contribution in [2.75, 3.05) is 32.7 Å². The van der Waals surface area contributed by atoms with Crippen molar-refractivity contribution in [1.29, 1.82) is 0 Å². The summed E-state index contributed by atoms with van der Waals surface area (Å²) in [5.74, 6) is 0.496. The Hall–Kier alpha value is -1.85. The fraction of sp³-hybridized carbons (Fsp3) is 0.520. The van der Waals surface area contributed by atoms with Gasteiger partial charge in [-0.1, -0.05) is 54.4 Å². The molecule has 2 saturated heterocycles. The van der Waals surface area contributed by atoms with Gasteiger partial charge in [0.15, 0.2) is 0 Å². The molecular formula is C25H31F3N2. The number of piperidine rings is 1.